The fourth-order valence-electron chi connectivity index (χ4n) is 2.99. The molecule has 0 spiro atoms. The first kappa shape index (κ1) is 11.7. The SMILES string of the molecule is C[C@H]1CCC[C@@H]2OC[C@@H](c3ccccc3)N2C1=O. The predicted molar refractivity (Wildman–Crippen MR) is 68.8 cm³/mol. The first-order chi connectivity index (χ1) is 8.77. The van der Waals surface area contributed by atoms with Gasteiger partial charge in [0.2, 0.25) is 5.91 Å². The monoisotopic (exact) mass is 245 g/mol. The molecule has 96 valence electrons. The maximum absolute atomic E-state index is 12.5. The quantitative estimate of drug-likeness (QED) is 0.761. The van der Waals surface area contributed by atoms with E-state index < -0.39 is 0 Å². The molecule has 3 nitrogen and oxygen atoms in total. The van der Waals surface area contributed by atoms with Gasteiger partial charge in [-0.2, -0.15) is 0 Å². The summed E-state index contributed by atoms with van der Waals surface area (Å²) in [4.78, 5) is 14.4. The molecule has 2 fully saturated rings. The lowest BCUT2D eigenvalue weighted by Gasteiger charge is -2.28. The number of carbonyl (C=O) groups is 1. The summed E-state index contributed by atoms with van der Waals surface area (Å²) < 4.78 is 5.83. The highest BCUT2D eigenvalue weighted by Gasteiger charge is 2.41. The van der Waals surface area contributed by atoms with Crippen LogP contribution < -0.4 is 0 Å². The van der Waals surface area contributed by atoms with Crippen molar-refractivity contribution in [2.24, 2.45) is 5.92 Å². The van der Waals surface area contributed by atoms with Gasteiger partial charge in [0.1, 0.15) is 6.23 Å². The minimum atomic E-state index is -0.00680. The standard InChI is InChI=1S/C15H19NO2/c1-11-6-5-9-14-16(15(11)17)13(10-18-14)12-7-3-2-4-8-12/h2-4,7-8,11,13-14H,5-6,9-10H2,1H3/t11-,13-,14-/m0/s1. The van der Waals surface area contributed by atoms with E-state index in [0.29, 0.717) is 6.61 Å². The van der Waals surface area contributed by atoms with Crippen molar-refractivity contribution in [2.45, 2.75) is 38.5 Å². The molecule has 1 aromatic carbocycles. The molecular weight excluding hydrogens is 226 g/mol. The second-order valence-corrected chi connectivity index (χ2v) is 5.29. The highest BCUT2D eigenvalue weighted by atomic mass is 16.5. The fourth-order valence-corrected chi connectivity index (χ4v) is 2.99. The third kappa shape index (κ3) is 1.93. The van der Waals surface area contributed by atoms with Crippen molar-refractivity contribution in [3.05, 3.63) is 35.9 Å². The molecule has 2 aliphatic heterocycles. The summed E-state index contributed by atoms with van der Waals surface area (Å²) in [6.07, 6.45) is 3.03. The number of benzene rings is 1. The average molecular weight is 245 g/mol. The van der Waals surface area contributed by atoms with Gasteiger partial charge in [-0.3, -0.25) is 4.79 Å². The zero-order valence-electron chi connectivity index (χ0n) is 10.7. The van der Waals surface area contributed by atoms with E-state index in [0.717, 1.165) is 19.3 Å². The molecule has 0 N–H and O–H groups in total. The lowest BCUT2D eigenvalue weighted by Crippen LogP contribution is -2.39. The molecule has 1 aromatic rings. The van der Waals surface area contributed by atoms with Gasteiger partial charge < -0.3 is 9.64 Å². The zero-order chi connectivity index (χ0) is 12.5. The smallest absolute Gasteiger partial charge is 0.228 e. The summed E-state index contributed by atoms with van der Waals surface area (Å²) in [6.45, 7) is 2.66. The van der Waals surface area contributed by atoms with Crippen molar-refractivity contribution in [2.75, 3.05) is 6.61 Å². The number of ether oxygens (including phenoxy) is 1. The third-order valence-electron chi connectivity index (χ3n) is 4.04. The average Bonchev–Trinajstić information content (AvgIpc) is 2.77. The lowest BCUT2D eigenvalue weighted by molar-refractivity contribution is -0.140. The Morgan fingerprint density at radius 1 is 1.22 bits per heavy atom. The molecule has 3 rings (SSSR count). The van der Waals surface area contributed by atoms with Crippen LogP contribution in [0.5, 0.6) is 0 Å². The van der Waals surface area contributed by atoms with Crippen LogP contribution in [-0.4, -0.2) is 23.6 Å². The molecule has 0 saturated carbocycles. The van der Waals surface area contributed by atoms with E-state index >= 15 is 0 Å². The first-order valence-electron chi connectivity index (χ1n) is 6.76. The van der Waals surface area contributed by atoms with Crippen LogP contribution in [-0.2, 0) is 9.53 Å². The molecule has 0 radical (unpaired) electrons. The number of carbonyl (C=O) groups excluding carboxylic acids is 1. The summed E-state index contributed by atoms with van der Waals surface area (Å²) >= 11 is 0. The second kappa shape index (κ2) is 4.73. The molecule has 2 heterocycles. The Balaban J connectivity index is 1.91. The van der Waals surface area contributed by atoms with Crippen LogP contribution in [0.4, 0.5) is 0 Å². The van der Waals surface area contributed by atoms with E-state index in [-0.39, 0.29) is 24.1 Å². The highest BCUT2D eigenvalue weighted by molar-refractivity contribution is 5.79. The van der Waals surface area contributed by atoms with Crippen molar-refractivity contribution in [1.82, 2.24) is 4.90 Å². The van der Waals surface area contributed by atoms with Crippen LogP contribution in [0.25, 0.3) is 0 Å². The number of fused-ring (bicyclic) bond motifs is 1. The lowest BCUT2D eigenvalue weighted by atomic mass is 10.0. The van der Waals surface area contributed by atoms with Crippen LogP contribution in [0.3, 0.4) is 0 Å². The summed E-state index contributed by atoms with van der Waals surface area (Å²) in [5.74, 6) is 0.381. The molecule has 0 bridgehead atoms. The molecule has 2 aliphatic rings. The Kier molecular flexibility index (Phi) is 3.08. The van der Waals surface area contributed by atoms with Crippen molar-refractivity contribution in [1.29, 1.82) is 0 Å². The third-order valence-corrected chi connectivity index (χ3v) is 4.04. The molecular formula is C15H19NO2. The highest BCUT2D eigenvalue weighted by Crippen LogP contribution is 2.36. The van der Waals surface area contributed by atoms with E-state index in [1.165, 1.54) is 5.56 Å². The van der Waals surface area contributed by atoms with E-state index in [1.54, 1.807) is 0 Å². The number of nitrogens with zero attached hydrogens (tertiary/aromatic N) is 1. The number of hydrogen-bond donors (Lipinski definition) is 0. The Morgan fingerprint density at radius 3 is 2.78 bits per heavy atom. The summed E-state index contributed by atoms with van der Waals surface area (Å²) in [7, 11) is 0. The molecule has 18 heavy (non-hydrogen) atoms. The molecule has 2 saturated heterocycles. The molecule has 3 atom stereocenters. The van der Waals surface area contributed by atoms with Crippen LogP contribution in [0.2, 0.25) is 0 Å². The van der Waals surface area contributed by atoms with E-state index in [4.69, 9.17) is 4.74 Å². The number of hydrogen-bond acceptors (Lipinski definition) is 2. The Bertz CT molecular complexity index is 431. The number of rotatable bonds is 1. The van der Waals surface area contributed by atoms with Crippen molar-refractivity contribution < 1.29 is 9.53 Å². The van der Waals surface area contributed by atoms with Gasteiger partial charge in [0.25, 0.3) is 0 Å². The molecule has 0 aromatic heterocycles. The topological polar surface area (TPSA) is 29.5 Å². The Hall–Kier alpha value is -1.35. The number of amides is 1. The Morgan fingerprint density at radius 2 is 2.00 bits per heavy atom. The molecule has 3 heteroatoms. The van der Waals surface area contributed by atoms with Crippen LogP contribution in [0.15, 0.2) is 30.3 Å². The van der Waals surface area contributed by atoms with Gasteiger partial charge in [0.15, 0.2) is 0 Å². The minimum Gasteiger partial charge on any atom is -0.356 e. The van der Waals surface area contributed by atoms with E-state index in [1.807, 2.05) is 30.0 Å². The molecule has 0 unspecified atom stereocenters. The summed E-state index contributed by atoms with van der Waals surface area (Å²) in [6, 6.07) is 10.3. The second-order valence-electron chi connectivity index (χ2n) is 5.29. The molecule has 0 aliphatic carbocycles. The summed E-state index contributed by atoms with van der Waals surface area (Å²) in [5.41, 5.74) is 1.18. The van der Waals surface area contributed by atoms with Gasteiger partial charge in [-0.1, -0.05) is 37.3 Å². The van der Waals surface area contributed by atoms with Gasteiger partial charge in [0, 0.05) is 5.92 Å². The molecule has 1 amide bonds. The predicted octanol–water partition coefficient (Wildman–Crippen LogP) is 2.73. The Labute approximate surface area is 108 Å². The zero-order valence-corrected chi connectivity index (χ0v) is 10.7. The van der Waals surface area contributed by atoms with E-state index in [2.05, 4.69) is 12.1 Å². The van der Waals surface area contributed by atoms with Crippen molar-refractivity contribution in [3.63, 3.8) is 0 Å². The largest absolute Gasteiger partial charge is 0.356 e. The van der Waals surface area contributed by atoms with Crippen molar-refractivity contribution in [3.8, 4) is 0 Å². The van der Waals surface area contributed by atoms with Crippen LogP contribution in [0, 0.1) is 5.92 Å². The first-order valence-corrected chi connectivity index (χ1v) is 6.76. The van der Waals surface area contributed by atoms with Gasteiger partial charge >= 0.3 is 0 Å². The maximum Gasteiger partial charge on any atom is 0.228 e. The maximum atomic E-state index is 12.5. The minimum absolute atomic E-state index is 0.00680. The summed E-state index contributed by atoms with van der Waals surface area (Å²) in [5, 5.41) is 0. The normalized spacial score (nSPS) is 32.2. The van der Waals surface area contributed by atoms with Crippen molar-refractivity contribution >= 4 is 5.91 Å². The van der Waals surface area contributed by atoms with Crippen LogP contribution >= 0.6 is 0 Å². The van der Waals surface area contributed by atoms with Gasteiger partial charge in [-0.05, 0) is 24.8 Å². The fraction of sp³-hybridized carbons (Fsp3) is 0.533. The van der Waals surface area contributed by atoms with Crippen LogP contribution in [0.1, 0.15) is 37.8 Å². The van der Waals surface area contributed by atoms with Gasteiger partial charge in [0.05, 0.1) is 12.6 Å². The van der Waals surface area contributed by atoms with Gasteiger partial charge in [-0.15, -0.1) is 0 Å². The van der Waals surface area contributed by atoms with Gasteiger partial charge in [-0.25, -0.2) is 0 Å². The van der Waals surface area contributed by atoms with E-state index in [9.17, 15) is 4.79 Å².